The smallest absolute Gasteiger partial charge is 0.408 e. The van der Waals surface area contributed by atoms with Gasteiger partial charge in [-0.15, -0.1) is 0 Å². The topological polar surface area (TPSA) is 84.0 Å². The molecule has 98 valence electrons. The first-order valence-corrected chi connectivity index (χ1v) is 6.79. The molecule has 0 radical (unpaired) electrons. The Morgan fingerprint density at radius 2 is 2.32 bits per heavy atom. The predicted molar refractivity (Wildman–Crippen MR) is 77.6 cm³/mol. The van der Waals surface area contributed by atoms with E-state index in [1.807, 2.05) is 5.38 Å². The first kappa shape index (κ1) is 11.9. The van der Waals surface area contributed by atoms with Gasteiger partial charge in [-0.25, -0.2) is 4.79 Å². The highest BCUT2D eigenvalue weighted by Crippen LogP contribution is 2.28. The maximum atomic E-state index is 11.1. The molecule has 0 amide bonds. The Morgan fingerprint density at radius 1 is 1.47 bits per heavy atom. The second kappa shape index (κ2) is 4.47. The minimum Gasteiger partial charge on any atom is -0.408 e. The number of anilines is 2. The van der Waals surface area contributed by atoms with E-state index in [2.05, 4.69) is 28.7 Å². The third kappa shape index (κ3) is 2.22. The zero-order valence-corrected chi connectivity index (χ0v) is 11.1. The summed E-state index contributed by atoms with van der Waals surface area (Å²) in [6.45, 7) is 2.06. The normalized spacial score (nSPS) is 12.7. The molecule has 0 fully saturated rings. The molecule has 0 bridgehead atoms. The van der Waals surface area contributed by atoms with Crippen LogP contribution in [-0.4, -0.2) is 4.98 Å². The lowest BCUT2D eigenvalue weighted by atomic mass is 10.1. The van der Waals surface area contributed by atoms with Crippen LogP contribution in [0.25, 0.3) is 11.1 Å². The van der Waals surface area contributed by atoms with Crippen LogP contribution in [0.4, 0.5) is 11.4 Å². The Morgan fingerprint density at radius 3 is 3.05 bits per heavy atom. The monoisotopic (exact) mass is 275 g/mol. The molecule has 6 heteroatoms. The van der Waals surface area contributed by atoms with Gasteiger partial charge in [-0.3, -0.25) is 4.98 Å². The fraction of sp³-hybridized carbons (Fsp3) is 0.154. The van der Waals surface area contributed by atoms with E-state index in [0.29, 0.717) is 16.8 Å². The lowest BCUT2D eigenvalue weighted by molar-refractivity contribution is 0.555. The number of fused-ring (bicyclic) bond motifs is 1. The number of rotatable bonds is 3. The number of aromatic nitrogens is 1. The van der Waals surface area contributed by atoms with E-state index >= 15 is 0 Å². The number of nitrogen functional groups attached to an aromatic ring is 1. The van der Waals surface area contributed by atoms with Crippen LogP contribution in [0.3, 0.4) is 0 Å². The molecule has 1 unspecified atom stereocenters. The van der Waals surface area contributed by atoms with Crippen molar-refractivity contribution in [3.8, 4) is 0 Å². The quantitative estimate of drug-likeness (QED) is 0.642. The molecule has 1 atom stereocenters. The van der Waals surface area contributed by atoms with Crippen LogP contribution in [0.2, 0.25) is 0 Å². The Balaban J connectivity index is 1.96. The summed E-state index contributed by atoms with van der Waals surface area (Å²) >= 11 is 1.65. The van der Waals surface area contributed by atoms with Crippen LogP contribution < -0.4 is 16.8 Å². The van der Waals surface area contributed by atoms with E-state index in [-0.39, 0.29) is 6.04 Å². The van der Waals surface area contributed by atoms with Crippen molar-refractivity contribution in [2.45, 2.75) is 13.0 Å². The fourth-order valence-corrected chi connectivity index (χ4v) is 2.73. The van der Waals surface area contributed by atoms with E-state index in [1.165, 1.54) is 5.56 Å². The third-order valence-corrected chi connectivity index (χ3v) is 3.71. The van der Waals surface area contributed by atoms with Crippen molar-refractivity contribution in [3.63, 3.8) is 0 Å². The largest absolute Gasteiger partial charge is 0.417 e. The second-order valence-corrected chi connectivity index (χ2v) is 5.15. The molecule has 0 aliphatic rings. The van der Waals surface area contributed by atoms with Crippen molar-refractivity contribution < 1.29 is 4.42 Å². The van der Waals surface area contributed by atoms with Crippen molar-refractivity contribution >= 4 is 33.8 Å². The molecule has 5 nitrogen and oxygen atoms in total. The van der Waals surface area contributed by atoms with E-state index in [4.69, 9.17) is 10.2 Å². The summed E-state index contributed by atoms with van der Waals surface area (Å²) in [6.07, 6.45) is 0. The van der Waals surface area contributed by atoms with Gasteiger partial charge in [-0.1, -0.05) is 0 Å². The predicted octanol–water partition coefficient (Wildman–Crippen LogP) is 2.94. The maximum absolute atomic E-state index is 11.1. The highest BCUT2D eigenvalue weighted by atomic mass is 32.1. The van der Waals surface area contributed by atoms with Gasteiger partial charge in [0, 0.05) is 12.1 Å². The van der Waals surface area contributed by atoms with Gasteiger partial charge < -0.3 is 15.5 Å². The number of H-pyrrole nitrogens is 1. The van der Waals surface area contributed by atoms with Crippen molar-refractivity contribution in [2.24, 2.45) is 0 Å². The van der Waals surface area contributed by atoms with Gasteiger partial charge in [-0.2, -0.15) is 11.3 Å². The molecular formula is C13H13N3O2S. The minimum atomic E-state index is -0.475. The molecule has 19 heavy (non-hydrogen) atoms. The molecule has 0 saturated heterocycles. The van der Waals surface area contributed by atoms with E-state index in [1.54, 1.807) is 23.5 Å². The molecule has 2 heterocycles. The fourth-order valence-electron chi connectivity index (χ4n) is 1.98. The van der Waals surface area contributed by atoms with Crippen LogP contribution in [-0.2, 0) is 0 Å². The second-order valence-electron chi connectivity index (χ2n) is 4.37. The van der Waals surface area contributed by atoms with Crippen LogP contribution in [0, 0.1) is 0 Å². The molecule has 1 aromatic carbocycles. The van der Waals surface area contributed by atoms with Crippen LogP contribution in [0.5, 0.6) is 0 Å². The standard InChI is InChI=1S/C13H13N3O2S/c1-7(8-2-3-19-6-8)15-10-5-11-12(4-9(10)14)18-13(17)16-11/h2-7,15H,14H2,1H3,(H,16,17). The number of nitrogens with one attached hydrogen (secondary N) is 2. The van der Waals surface area contributed by atoms with Crippen molar-refractivity contribution in [1.29, 1.82) is 0 Å². The number of oxazole rings is 1. The van der Waals surface area contributed by atoms with Gasteiger partial charge in [-0.05, 0) is 35.4 Å². The number of thiophene rings is 1. The maximum Gasteiger partial charge on any atom is 0.417 e. The molecule has 0 saturated carbocycles. The molecule has 0 aliphatic heterocycles. The van der Waals surface area contributed by atoms with Gasteiger partial charge in [0.1, 0.15) is 0 Å². The van der Waals surface area contributed by atoms with E-state index in [9.17, 15) is 4.79 Å². The summed E-state index contributed by atoms with van der Waals surface area (Å²) in [5.41, 5.74) is 9.60. The Hall–Kier alpha value is -2.21. The van der Waals surface area contributed by atoms with Crippen molar-refractivity contribution in [2.75, 3.05) is 11.1 Å². The SMILES string of the molecule is CC(Nc1cc2[nH]c(=O)oc2cc1N)c1ccsc1. The summed E-state index contributed by atoms with van der Waals surface area (Å²) in [5, 5.41) is 7.46. The van der Waals surface area contributed by atoms with Crippen molar-refractivity contribution in [1.82, 2.24) is 4.98 Å². The minimum absolute atomic E-state index is 0.143. The van der Waals surface area contributed by atoms with E-state index in [0.717, 1.165) is 5.69 Å². The summed E-state index contributed by atoms with van der Waals surface area (Å²) in [6, 6.07) is 5.65. The third-order valence-electron chi connectivity index (χ3n) is 3.01. The van der Waals surface area contributed by atoms with Crippen LogP contribution in [0.1, 0.15) is 18.5 Å². The lowest BCUT2D eigenvalue weighted by Gasteiger charge is -2.15. The van der Waals surface area contributed by atoms with Gasteiger partial charge in [0.2, 0.25) is 0 Å². The first-order chi connectivity index (χ1) is 9.13. The van der Waals surface area contributed by atoms with Gasteiger partial charge >= 0.3 is 5.76 Å². The molecule has 4 N–H and O–H groups in total. The van der Waals surface area contributed by atoms with Gasteiger partial charge in [0.05, 0.1) is 16.9 Å². The summed E-state index contributed by atoms with van der Waals surface area (Å²) in [4.78, 5) is 13.8. The zero-order valence-electron chi connectivity index (χ0n) is 10.3. The van der Waals surface area contributed by atoms with Crippen molar-refractivity contribution in [3.05, 3.63) is 45.1 Å². The number of benzene rings is 1. The Bertz CT molecular complexity index is 758. The number of hydrogen-bond donors (Lipinski definition) is 3. The first-order valence-electron chi connectivity index (χ1n) is 5.84. The average Bonchev–Trinajstić information content (AvgIpc) is 2.97. The molecular weight excluding hydrogens is 262 g/mol. The zero-order chi connectivity index (χ0) is 13.4. The average molecular weight is 275 g/mol. The molecule has 3 aromatic rings. The summed E-state index contributed by atoms with van der Waals surface area (Å²) < 4.78 is 4.96. The van der Waals surface area contributed by atoms with Gasteiger partial charge in [0.25, 0.3) is 0 Å². The highest BCUT2D eigenvalue weighted by molar-refractivity contribution is 7.07. The van der Waals surface area contributed by atoms with Crippen LogP contribution >= 0.6 is 11.3 Å². The molecule has 3 rings (SSSR count). The number of aromatic amines is 1. The lowest BCUT2D eigenvalue weighted by Crippen LogP contribution is -2.07. The highest BCUT2D eigenvalue weighted by Gasteiger charge is 2.10. The Kier molecular flexibility index (Phi) is 2.79. The number of hydrogen-bond acceptors (Lipinski definition) is 5. The van der Waals surface area contributed by atoms with Crippen LogP contribution in [0.15, 0.2) is 38.2 Å². The molecule has 2 aromatic heterocycles. The number of nitrogens with two attached hydrogens (primary N) is 1. The summed E-state index contributed by atoms with van der Waals surface area (Å²) in [7, 11) is 0. The molecule has 0 spiro atoms. The molecule has 0 aliphatic carbocycles. The van der Waals surface area contributed by atoms with Gasteiger partial charge in [0.15, 0.2) is 5.58 Å². The summed E-state index contributed by atoms with van der Waals surface area (Å²) in [5.74, 6) is -0.475. The Labute approximate surface area is 113 Å². The van der Waals surface area contributed by atoms with E-state index < -0.39 is 5.76 Å².